The van der Waals surface area contributed by atoms with E-state index in [1.165, 1.54) is 12.8 Å². The lowest BCUT2D eigenvalue weighted by atomic mass is 9.67. The molecule has 0 aliphatic heterocycles. The van der Waals surface area contributed by atoms with Gasteiger partial charge in [0, 0.05) is 0 Å². The maximum atomic E-state index is 12.0. The number of carboxylic acid groups (broad SMARTS) is 1. The molecule has 0 saturated heterocycles. The number of unbranched alkanes of at least 4 members (excludes halogenated alkanes) is 2. The molecule has 18 heavy (non-hydrogen) atoms. The Labute approximate surface area is 110 Å². The van der Waals surface area contributed by atoms with Gasteiger partial charge in [0.05, 0.1) is 12.1 Å². The average molecular weight is 258 g/mol. The first kappa shape index (κ1) is 15.5. The maximum absolute atomic E-state index is 12.0. The fourth-order valence-corrected chi connectivity index (χ4v) is 3.23. The molecule has 2 nitrogen and oxygen atoms in total. The summed E-state index contributed by atoms with van der Waals surface area (Å²) in [5, 5.41) is 9.49. The van der Waals surface area contributed by atoms with Crippen molar-refractivity contribution in [3.8, 4) is 0 Å². The van der Waals surface area contributed by atoms with E-state index >= 15 is 0 Å². The fourth-order valence-electron chi connectivity index (χ4n) is 3.23. The topological polar surface area (TPSA) is 37.3 Å². The van der Waals surface area contributed by atoms with Crippen molar-refractivity contribution >= 4 is 5.97 Å². The van der Waals surface area contributed by atoms with Crippen LogP contribution in [0.1, 0.15) is 71.1 Å². The van der Waals surface area contributed by atoms with E-state index in [2.05, 4.69) is 6.92 Å². The first-order valence-corrected chi connectivity index (χ1v) is 7.44. The van der Waals surface area contributed by atoms with Crippen molar-refractivity contribution in [3.63, 3.8) is 0 Å². The summed E-state index contributed by atoms with van der Waals surface area (Å²) in [6.07, 6.45) is 9.18. The largest absolute Gasteiger partial charge is 0.481 e. The van der Waals surface area contributed by atoms with Crippen LogP contribution in [-0.4, -0.2) is 17.8 Å². The lowest BCUT2D eigenvalue weighted by Gasteiger charge is -2.37. The molecule has 0 unspecified atom stereocenters. The van der Waals surface area contributed by atoms with Gasteiger partial charge in [0.1, 0.15) is 0 Å². The van der Waals surface area contributed by atoms with Crippen LogP contribution in [0.4, 0.5) is 4.39 Å². The summed E-state index contributed by atoms with van der Waals surface area (Å²) < 4.78 is 12.0. The molecule has 0 heterocycles. The van der Waals surface area contributed by atoms with Crippen molar-refractivity contribution in [1.29, 1.82) is 0 Å². The number of carbonyl (C=O) groups is 1. The second-order valence-corrected chi connectivity index (χ2v) is 5.82. The van der Waals surface area contributed by atoms with Gasteiger partial charge in [-0.1, -0.05) is 32.6 Å². The third-order valence-corrected chi connectivity index (χ3v) is 4.50. The van der Waals surface area contributed by atoms with Crippen LogP contribution in [0.3, 0.4) is 0 Å². The first-order chi connectivity index (χ1) is 8.64. The molecule has 0 radical (unpaired) electrons. The van der Waals surface area contributed by atoms with E-state index in [-0.39, 0.29) is 6.67 Å². The lowest BCUT2D eigenvalue weighted by molar-refractivity contribution is -0.152. The molecule has 1 aliphatic carbocycles. The predicted octanol–water partition coefficient (Wildman–Crippen LogP) is 4.58. The molecule has 0 aromatic carbocycles. The van der Waals surface area contributed by atoms with Crippen molar-refractivity contribution in [3.05, 3.63) is 0 Å². The molecule has 0 aromatic heterocycles. The molecule has 1 aliphatic rings. The molecule has 1 N–H and O–H groups in total. The van der Waals surface area contributed by atoms with Crippen LogP contribution in [0.2, 0.25) is 0 Å². The number of halogens is 1. The van der Waals surface area contributed by atoms with Crippen LogP contribution in [0.25, 0.3) is 0 Å². The zero-order valence-corrected chi connectivity index (χ0v) is 11.6. The Balaban J connectivity index is 2.43. The molecule has 1 fully saturated rings. The van der Waals surface area contributed by atoms with E-state index in [0.29, 0.717) is 6.42 Å². The summed E-state index contributed by atoms with van der Waals surface area (Å²) in [5.41, 5.74) is -0.499. The number of rotatable bonds is 8. The average Bonchev–Trinajstić information content (AvgIpc) is 2.37. The summed E-state index contributed by atoms with van der Waals surface area (Å²) in [6, 6.07) is 0. The number of hydrogen-bond donors (Lipinski definition) is 1. The summed E-state index contributed by atoms with van der Waals surface area (Å²) in [4.78, 5) is 11.5. The molecular weight excluding hydrogens is 231 g/mol. The SMILES string of the molecule is CCCC1CCC(CCCCCF)(C(=O)O)CC1. The smallest absolute Gasteiger partial charge is 0.309 e. The van der Waals surface area contributed by atoms with Gasteiger partial charge in [-0.2, -0.15) is 0 Å². The summed E-state index contributed by atoms with van der Waals surface area (Å²) in [7, 11) is 0. The third-order valence-electron chi connectivity index (χ3n) is 4.50. The van der Waals surface area contributed by atoms with Gasteiger partial charge in [0.25, 0.3) is 0 Å². The second kappa shape index (κ2) is 7.75. The third kappa shape index (κ3) is 4.25. The van der Waals surface area contributed by atoms with E-state index in [1.54, 1.807) is 0 Å². The molecule has 1 saturated carbocycles. The Morgan fingerprint density at radius 3 is 2.44 bits per heavy atom. The Morgan fingerprint density at radius 1 is 1.28 bits per heavy atom. The van der Waals surface area contributed by atoms with E-state index in [9.17, 15) is 14.3 Å². The van der Waals surface area contributed by atoms with Crippen LogP contribution in [0, 0.1) is 11.3 Å². The molecular formula is C15H27FO2. The highest BCUT2D eigenvalue weighted by Crippen LogP contribution is 2.44. The minimum Gasteiger partial charge on any atom is -0.481 e. The Morgan fingerprint density at radius 2 is 1.94 bits per heavy atom. The Bertz CT molecular complexity index is 239. The van der Waals surface area contributed by atoms with Gasteiger partial charge >= 0.3 is 5.97 Å². The maximum Gasteiger partial charge on any atom is 0.309 e. The molecule has 106 valence electrons. The normalized spacial score (nSPS) is 28.2. The van der Waals surface area contributed by atoms with Crippen LogP contribution in [0.5, 0.6) is 0 Å². The second-order valence-electron chi connectivity index (χ2n) is 5.82. The van der Waals surface area contributed by atoms with Gasteiger partial charge in [-0.3, -0.25) is 9.18 Å². The van der Waals surface area contributed by atoms with Crippen molar-refractivity contribution in [1.82, 2.24) is 0 Å². The van der Waals surface area contributed by atoms with Gasteiger partial charge in [-0.15, -0.1) is 0 Å². The highest BCUT2D eigenvalue weighted by Gasteiger charge is 2.40. The van der Waals surface area contributed by atoms with Gasteiger partial charge in [-0.05, 0) is 44.4 Å². The number of alkyl halides is 1. The molecule has 0 amide bonds. The quantitative estimate of drug-likeness (QED) is 0.647. The fraction of sp³-hybridized carbons (Fsp3) is 0.933. The first-order valence-electron chi connectivity index (χ1n) is 7.44. The van der Waals surface area contributed by atoms with E-state index in [1.807, 2.05) is 0 Å². The standard InChI is InChI=1S/C15H27FO2/c1-2-6-13-7-10-15(11-8-13,14(17)18)9-4-3-5-12-16/h13H,2-12H2,1H3,(H,17,18). The van der Waals surface area contributed by atoms with Crippen LogP contribution in [0.15, 0.2) is 0 Å². The van der Waals surface area contributed by atoms with Gasteiger partial charge < -0.3 is 5.11 Å². The van der Waals surface area contributed by atoms with Crippen LogP contribution in [-0.2, 0) is 4.79 Å². The Hall–Kier alpha value is -0.600. The number of carboxylic acids is 1. The minimum atomic E-state index is -0.627. The zero-order valence-electron chi connectivity index (χ0n) is 11.6. The molecule has 0 bridgehead atoms. The van der Waals surface area contributed by atoms with Crippen LogP contribution >= 0.6 is 0 Å². The van der Waals surface area contributed by atoms with Crippen molar-refractivity contribution < 1.29 is 14.3 Å². The highest BCUT2D eigenvalue weighted by molar-refractivity contribution is 5.74. The number of aliphatic carboxylic acids is 1. The summed E-state index contributed by atoms with van der Waals surface area (Å²) >= 11 is 0. The van der Waals surface area contributed by atoms with Crippen molar-refractivity contribution in [2.24, 2.45) is 11.3 Å². The van der Waals surface area contributed by atoms with Crippen molar-refractivity contribution in [2.75, 3.05) is 6.67 Å². The highest BCUT2D eigenvalue weighted by atomic mass is 19.1. The molecule has 0 aromatic rings. The molecule has 0 atom stereocenters. The van der Waals surface area contributed by atoms with Crippen LogP contribution < -0.4 is 0 Å². The van der Waals surface area contributed by atoms with E-state index < -0.39 is 11.4 Å². The van der Waals surface area contributed by atoms with E-state index in [0.717, 1.165) is 50.9 Å². The molecule has 0 spiro atoms. The van der Waals surface area contributed by atoms with E-state index in [4.69, 9.17) is 0 Å². The van der Waals surface area contributed by atoms with Gasteiger partial charge in [0.15, 0.2) is 0 Å². The summed E-state index contributed by atoms with van der Waals surface area (Å²) in [5.74, 6) is 0.103. The Kier molecular flexibility index (Phi) is 6.66. The van der Waals surface area contributed by atoms with Crippen molar-refractivity contribution in [2.45, 2.75) is 71.1 Å². The predicted molar refractivity (Wildman–Crippen MR) is 71.4 cm³/mol. The number of hydrogen-bond acceptors (Lipinski definition) is 1. The zero-order chi connectivity index (χ0) is 13.4. The van der Waals surface area contributed by atoms with Gasteiger partial charge in [0.2, 0.25) is 0 Å². The van der Waals surface area contributed by atoms with Gasteiger partial charge in [-0.25, -0.2) is 0 Å². The monoisotopic (exact) mass is 258 g/mol. The molecule has 1 rings (SSSR count). The summed E-state index contributed by atoms with van der Waals surface area (Å²) in [6.45, 7) is 1.91. The minimum absolute atomic E-state index is 0.279. The molecule has 3 heteroatoms. The lowest BCUT2D eigenvalue weighted by Crippen LogP contribution is -2.35.